The van der Waals surface area contributed by atoms with Crippen LogP contribution in [0, 0.1) is 5.92 Å². The molecule has 4 amide bonds. The van der Waals surface area contributed by atoms with E-state index in [0.717, 1.165) is 0 Å². The summed E-state index contributed by atoms with van der Waals surface area (Å²) in [6.45, 7) is 19.3. The number of carboxylic acid groups (broad SMARTS) is 1. The van der Waals surface area contributed by atoms with E-state index in [0.29, 0.717) is 12.8 Å². The molecule has 0 aromatic heterocycles. The summed E-state index contributed by atoms with van der Waals surface area (Å²) < 4.78 is 16.0. The van der Waals surface area contributed by atoms with E-state index in [2.05, 4.69) is 21.3 Å². The second-order valence-electron chi connectivity index (χ2n) is 14.3. The Labute approximate surface area is 267 Å². The number of amides is 4. The third kappa shape index (κ3) is 21.7. The van der Waals surface area contributed by atoms with Gasteiger partial charge in [0.25, 0.3) is 0 Å². The predicted octanol–water partition coefficient (Wildman–Crippen LogP) is 3.80. The van der Waals surface area contributed by atoms with Crippen LogP contribution >= 0.6 is 0 Å². The van der Waals surface area contributed by atoms with Crippen molar-refractivity contribution in [3.8, 4) is 0 Å². The average Bonchev–Trinajstić information content (AvgIpc) is 2.81. The normalized spacial score (nSPS) is 14.0. The zero-order valence-corrected chi connectivity index (χ0v) is 28.9. The first-order valence-corrected chi connectivity index (χ1v) is 15.4. The minimum Gasteiger partial charge on any atom is -0.481 e. The highest BCUT2D eigenvalue weighted by atomic mass is 16.6. The van der Waals surface area contributed by atoms with Crippen LogP contribution in [0.1, 0.15) is 115 Å². The van der Waals surface area contributed by atoms with Gasteiger partial charge in [-0.05, 0) is 100 Å². The number of aliphatic carboxylic acids is 1. The molecule has 0 aliphatic rings. The zero-order valence-electron chi connectivity index (χ0n) is 28.9. The van der Waals surface area contributed by atoms with E-state index in [1.165, 1.54) is 0 Å². The molecule has 14 heteroatoms. The third-order valence-corrected chi connectivity index (χ3v) is 5.59. The Bertz CT molecular complexity index is 1010. The molecular formula is C31H56N4O10. The van der Waals surface area contributed by atoms with Gasteiger partial charge in [0.15, 0.2) is 0 Å². The minimum absolute atomic E-state index is 0.00194. The number of rotatable bonds is 16. The van der Waals surface area contributed by atoms with Gasteiger partial charge in [-0.2, -0.15) is 0 Å². The summed E-state index contributed by atoms with van der Waals surface area (Å²) in [4.78, 5) is 75.5. The monoisotopic (exact) mass is 644 g/mol. The third-order valence-electron chi connectivity index (χ3n) is 5.59. The maximum Gasteiger partial charge on any atom is 0.408 e. The van der Waals surface area contributed by atoms with Crippen molar-refractivity contribution in [1.82, 2.24) is 21.3 Å². The van der Waals surface area contributed by atoms with Crippen molar-refractivity contribution >= 4 is 35.9 Å². The number of carbonyl (C=O) groups excluding carboxylic acids is 5. The van der Waals surface area contributed by atoms with Crippen LogP contribution in [0.5, 0.6) is 0 Å². The number of nitrogens with one attached hydrogen (secondary N) is 4. The fraction of sp³-hybridized carbons (Fsp3) is 0.806. The highest BCUT2D eigenvalue weighted by Gasteiger charge is 2.33. The fourth-order valence-electron chi connectivity index (χ4n) is 3.84. The van der Waals surface area contributed by atoms with Crippen LogP contribution in [-0.2, 0) is 33.4 Å². The van der Waals surface area contributed by atoms with Crippen molar-refractivity contribution in [2.45, 2.75) is 150 Å². The van der Waals surface area contributed by atoms with Crippen LogP contribution < -0.4 is 21.3 Å². The van der Waals surface area contributed by atoms with E-state index in [-0.39, 0.29) is 31.7 Å². The van der Waals surface area contributed by atoms with Gasteiger partial charge >= 0.3 is 24.1 Å². The van der Waals surface area contributed by atoms with Crippen LogP contribution in [0.3, 0.4) is 0 Å². The lowest BCUT2D eigenvalue weighted by atomic mass is 10.0. The lowest BCUT2D eigenvalue weighted by Crippen LogP contribution is -2.56. The van der Waals surface area contributed by atoms with E-state index in [9.17, 15) is 33.9 Å². The van der Waals surface area contributed by atoms with Crippen LogP contribution in [0.4, 0.5) is 9.59 Å². The number of ether oxygens (including phenoxy) is 3. The highest BCUT2D eigenvalue weighted by molar-refractivity contribution is 5.93. The summed E-state index contributed by atoms with van der Waals surface area (Å²) in [7, 11) is 0. The Kier molecular flexibility index (Phi) is 16.9. The predicted molar refractivity (Wildman–Crippen MR) is 167 cm³/mol. The highest BCUT2D eigenvalue weighted by Crippen LogP contribution is 2.14. The number of carboxylic acids is 1. The summed E-state index contributed by atoms with van der Waals surface area (Å²) in [6, 6.07) is -3.52. The number of alkyl carbamates (subject to hydrolysis) is 2. The van der Waals surface area contributed by atoms with E-state index in [1.54, 1.807) is 62.3 Å². The van der Waals surface area contributed by atoms with Gasteiger partial charge in [-0.3, -0.25) is 14.4 Å². The molecule has 0 aliphatic carbocycles. The van der Waals surface area contributed by atoms with Gasteiger partial charge in [0.05, 0.1) is 0 Å². The number of esters is 1. The van der Waals surface area contributed by atoms with Crippen molar-refractivity contribution in [2.75, 3.05) is 6.54 Å². The van der Waals surface area contributed by atoms with Crippen LogP contribution in [0.2, 0.25) is 0 Å². The number of hydrogen-bond donors (Lipinski definition) is 5. The quantitative estimate of drug-likeness (QED) is 0.0936. The van der Waals surface area contributed by atoms with Gasteiger partial charge in [-0.1, -0.05) is 13.8 Å². The second-order valence-corrected chi connectivity index (χ2v) is 14.3. The Morgan fingerprint density at radius 2 is 1.09 bits per heavy atom. The molecule has 0 aromatic rings. The molecule has 14 nitrogen and oxygen atoms in total. The largest absolute Gasteiger partial charge is 0.481 e. The molecule has 0 aromatic carbocycles. The van der Waals surface area contributed by atoms with Crippen molar-refractivity contribution in [2.24, 2.45) is 5.92 Å². The van der Waals surface area contributed by atoms with Gasteiger partial charge in [0.1, 0.15) is 34.9 Å². The molecule has 45 heavy (non-hydrogen) atoms. The minimum atomic E-state index is -1.33. The SMILES string of the molecule is CC(C)C[C@H](NC(=O)[C@H](CCC(=O)O)NC(=O)[C@H](CCCCNC(=O)OC(C)(C)C)NC(=O)OC(C)(C)C)C(=O)OC(C)(C)C. The van der Waals surface area contributed by atoms with Crippen molar-refractivity contribution in [3.05, 3.63) is 0 Å². The molecule has 0 aliphatic heterocycles. The lowest BCUT2D eigenvalue weighted by molar-refractivity contribution is -0.159. The van der Waals surface area contributed by atoms with Crippen molar-refractivity contribution in [3.63, 3.8) is 0 Å². The number of hydrogen-bond acceptors (Lipinski definition) is 9. The van der Waals surface area contributed by atoms with Gasteiger partial charge in [-0.25, -0.2) is 14.4 Å². The molecule has 0 rings (SSSR count). The standard InChI is InChI=1S/C31H56N4O10/c1-19(2)18-22(26(40)43-29(3,4)5)34-25(39)21(15-16-23(36)37)33-24(38)20(35-28(42)45-31(9,10)11)14-12-13-17-32-27(41)44-30(6,7)8/h19-22H,12-18H2,1-11H3,(H,32,41)(H,33,38)(H,34,39)(H,35,42)(H,36,37)/t20-,21-,22-/m0/s1. The molecule has 0 fully saturated rings. The summed E-state index contributed by atoms with van der Waals surface area (Å²) in [5.41, 5.74) is -2.31. The van der Waals surface area contributed by atoms with E-state index < -0.39 is 77.3 Å². The Morgan fingerprint density at radius 3 is 1.56 bits per heavy atom. The van der Waals surface area contributed by atoms with E-state index in [1.807, 2.05) is 13.8 Å². The molecule has 5 N–H and O–H groups in total. The van der Waals surface area contributed by atoms with E-state index >= 15 is 0 Å². The molecule has 0 unspecified atom stereocenters. The van der Waals surface area contributed by atoms with Gasteiger partial charge in [-0.15, -0.1) is 0 Å². The molecule has 3 atom stereocenters. The van der Waals surface area contributed by atoms with Gasteiger partial charge < -0.3 is 40.6 Å². The van der Waals surface area contributed by atoms with E-state index in [4.69, 9.17) is 14.2 Å². The van der Waals surface area contributed by atoms with Gasteiger partial charge in [0.2, 0.25) is 11.8 Å². The molecule has 260 valence electrons. The number of carbonyl (C=O) groups is 6. The van der Waals surface area contributed by atoms with Crippen molar-refractivity contribution in [1.29, 1.82) is 0 Å². The Balaban J connectivity index is 5.79. The van der Waals surface area contributed by atoms with Gasteiger partial charge in [0, 0.05) is 13.0 Å². The maximum absolute atomic E-state index is 13.4. The first kappa shape index (κ1) is 41.4. The molecule has 0 spiro atoms. The number of unbranched alkanes of at least 4 members (excludes halogenated alkanes) is 1. The topological polar surface area (TPSA) is 198 Å². The Morgan fingerprint density at radius 1 is 0.622 bits per heavy atom. The molecule has 0 bridgehead atoms. The maximum atomic E-state index is 13.4. The molecule has 0 heterocycles. The average molecular weight is 645 g/mol. The second kappa shape index (κ2) is 18.4. The smallest absolute Gasteiger partial charge is 0.408 e. The summed E-state index contributed by atoms with van der Waals surface area (Å²) in [5, 5.41) is 19.6. The molecule has 0 saturated heterocycles. The van der Waals surface area contributed by atoms with Crippen LogP contribution in [-0.4, -0.2) is 82.5 Å². The summed E-state index contributed by atoms with van der Waals surface area (Å²) in [6.07, 6.45) is -0.974. The molecular weight excluding hydrogens is 588 g/mol. The molecule has 0 saturated carbocycles. The first-order valence-electron chi connectivity index (χ1n) is 15.4. The van der Waals surface area contributed by atoms with Crippen molar-refractivity contribution < 1.29 is 48.1 Å². The Hall–Kier alpha value is -3.58. The molecule has 0 radical (unpaired) electrons. The summed E-state index contributed by atoms with van der Waals surface area (Å²) >= 11 is 0. The lowest BCUT2D eigenvalue weighted by Gasteiger charge is -2.28. The fourth-order valence-corrected chi connectivity index (χ4v) is 3.84. The van der Waals surface area contributed by atoms with Crippen LogP contribution in [0.25, 0.3) is 0 Å². The summed E-state index contributed by atoms with van der Waals surface area (Å²) in [5.74, 6) is -3.35. The zero-order chi connectivity index (χ0) is 35.2. The van der Waals surface area contributed by atoms with Crippen LogP contribution in [0.15, 0.2) is 0 Å². The first-order chi connectivity index (χ1) is 20.4.